The van der Waals surface area contributed by atoms with E-state index >= 15 is 0 Å². The summed E-state index contributed by atoms with van der Waals surface area (Å²) in [6.45, 7) is 8.29. The minimum Gasteiger partial charge on any atom is -0.444 e. The van der Waals surface area contributed by atoms with E-state index in [4.69, 9.17) is 9.47 Å². The molecule has 0 spiro atoms. The van der Waals surface area contributed by atoms with E-state index in [-0.39, 0.29) is 24.0 Å². The van der Waals surface area contributed by atoms with Crippen LogP contribution in [-0.4, -0.2) is 60.2 Å². The zero-order valence-electron chi connectivity index (χ0n) is 16.8. The van der Waals surface area contributed by atoms with Crippen LogP contribution < -0.4 is 0 Å². The highest BCUT2D eigenvalue weighted by Gasteiger charge is 2.35. The number of amides is 2. The molecule has 2 atom stereocenters. The molecule has 0 N–H and O–H groups in total. The Morgan fingerprint density at radius 2 is 1.82 bits per heavy atom. The lowest BCUT2D eigenvalue weighted by Crippen LogP contribution is -2.50. The van der Waals surface area contributed by atoms with E-state index in [1.54, 1.807) is 4.90 Å². The molecule has 1 aromatic rings. The topological polar surface area (TPSA) is 59.1 Å². The molecule has 0 bridgehead atoms. The van der Waals surface area contributed by atoms with Crippen molar-refractivity contribution in [3.8, 4) is 0 Å². The molecule has 2 unspecified atom stereocenters. The van der Waals surface area contributed by atoms with E-state index in [1.807, 2.05) is 49.9 Å². The van der Waals surface area contributed by atoms with Gasteiger partial charge >= 0.3 is 6.09 Å². The third kappa shape index (κ3) is 5.47. The number of nitrogens with zero attached hydrogens (tertiary/aromatic N) is 2. The van der Waals surface area contributed by atoms with E-state index < -0.39 is 5.60 Å². The smallest absolute Gasteiger partial charge is 0.410 e. The number of morpholine rings is 1. The van der Waals surface area contributed by atoms with Crippen molar-refractivity contribution < 1.29 is 19.1 Å². The average molecular weight is 453 g/mol. The molecule has 0 radical (unpaired) electrons. The molecule has 6 nitrogen and oxygen atoms in total. The Bertz CT molecular complexity index is 701. The fourth-order valence-electron chi connectivity index (χ4n) is 3.66. The minimum atomic E-state index is -0.532. The number of ether oxygens (including phenoxy) is 2. The lowest BCUT2D eigenvalue weighted by atomic mass is 9.96. The normalized spacial score (nSPS) is 23.4. The summed E-state index contributed by atoms with van der Waals surface area (Å²) >= 11 is 3.44. The molecule has 2 heterocycles. The van der Waals surface area contributed by atoms with Crippen LogP contribution in [0.3, 0.4) is 0 Å². The Balaban J connectivity index is 1.61. The summed E-state index contributed by atoms with van der Waals surface area (Å²) in [7, 11) is 0. The highest BCUT2D eigenvalue weighted by molar-refractivity contribution is 9.10. The van der Waals surface area contributed by atoms with Crippen LogP contribution >= 0.6 is 15.9 Å². The molecule has 7 heteroatoms. The largest absolute Gasteiger partial charge is 0.444 e. The van der Waals surface area contributed by atoms with E-state index in [1.165, 1.54) is 0 Å². The van der Waals surface area contributed by atoms with E-state index in [0.29, 0.717) is 32.8 Å². The molecule has 2 aliphatic rings. The van der Waals surface area contributed by atoms with Crippen LogP contribution in [0, 0.1) is 5.92 Å². The van der Waals surface area contributed by atoms with Crippen molar-refractivity contribution >= 4 is 27.9 Å². The molecule has 1 aromatic carbocycles. The number of carbonyl (C=O) groups is 2. The highest BCUT2D eigenvalue weighted by atomic mass is 79.9. The zero-order valence-corrected chi connectivity index (χ0v) is 18.4. The van der Waals surface area contributed by atoms with Gasteiger partial charge in [-0.25, -0.2) is 4.79 Å². The number of hydrogen-bond acceptors (Lipinski definition) is 4. The van der Waals surface area contributed by atoms with Crippen LogP contribution in [0.2, 0.25) is 0 Å². The Kier molecular flexibility index (Phi) is 6.65. The van der Waals surface area contributed by atoms with Gasteiger partial charge in [0.15, 0.2) is 0 Å². The molecular weight excluding hydrogens is 424 g/mol. The maximum absolute atomic E-state index is 13.1. The number of hydrogen-bond donors (Lipinski definition) is 0. The number of carbonyl (C=O) groups excluding carboxylic acids is 2. The second kappa shape index (κ2) is 8.82. The van der Waals surface area contributed by atoms with Gasteiger partial charge in [-0.15, -0.1) is 0 Å². The van der Waals surface area contributed by atoms with Gasteiger partial charge in [0.1, 0.15) is 11.7 Å². The summed E-state index contributed by atoms with van der Waals surface area (Å²) in [6, 6.07) is 8.01. The van der Waals surface area contributed by atoms with Crippen LogP contribution in [0.4, 0.5) is 4.79 Å². The highest BCUT2D eigenvalue weighted by Crippen LogP contribution is 2.27. The van der Waals surface area contributed by atoms with Crippen molar-refractivity contribution in [2.45, 2.75) is 45.3 Å². The molecule has 2 aliphatic heterocycles. The zero-order chi connectivity index (χ0) is 20.3. The van der Waals surface area contributed by atoms with Crippen LogP contribution in [0.5, 0.6) is 0 Å². The third-order valence-corrected chi connectivity index (χ3v) is 5.57. The Morgan fingerprint density at radius 3 is 2.50 bits per heavy atom. The SMILES string of the molecule is CC(C)(C)OC(=O)N1CCCC(C(=O)N2CCOC(c3ccc(Br)cc3)C2)C1. The summed E-state index contributed by atoms with van der Waals surface area (Å²) in [4.78, 5) is 29.1. The second-order valence-electron chi connectivity index (χ2n) is 8.46. The number of halogens is 1. The third-order valence-electron chi connectivity index (χ3n) is 5.04. The maximum Gasteiger partial charge on any atom is 0.410 e. The molecule has 0 aliphatic carbocycles. The molecular formula is C21H29BrN2O4. The van der Waals surface area contributed by atoms with Gasteiger partial charge in [-0.05, 0) is 51.3 Å². The Hall–Kier alpha value is -1.60. The fourth-order valence-corrected chi connectivity index (χ4v) is 3.92. The van der Waals surface area contributed by atoms with Gasteiger partial charge in [0, 0.05) is 24.1 Å². The first kappa shape index (κ1) is 21.1. The van der Waals surface area contributed by atoms with Gasteiger partial charge in [-0.2, -0.15) is 0 Å². The summed E-state index contributed by atoms with van der Waals surface area (Å²) in [6.07, 6.45) is 1.17. The number of piperidine rings is 1. The standard InChI is InChI=1S/C21H29BrN2O4/c1-21(2,3)28-20(26)24-10-4-5-16(13-24)19(25)23-11-12-27-18(14-23)15-6-8-17(22)9-7-15/h6-9,16,18H,4-5,10-14H2,1-3H3. The fraction of sp³-hybridized carbons (Fsp3) is 0.619. The Labute approximate surface area is 175 Å². The van der Waals surface area contributed by atoms with Gasteiger partial charge in [-0.3, -0.25) is 4.79 Å². The summed E-state index contributed by atoms with van der Waals surface area (Å²) < 4.78 is 12.4. The van der Waals surface area contributed by atoms with Crippen molar-refractivity contribution in [1.29, 1.82) is 0 Å². The number of rotatable bonds is 2. The van der Waals surface area contributed by atoms with Gasteiger partial charge in [0.05, 0.1) is 19.1 Å². The summed E-state index contributed by atoms with van der Waals surface area (Å²) in [5.41, 5.74) is 0.538. The molecule has 0 aromatic heterocycles. The number of benzene rings is 1. The summed E-state index contributed by atoms with van der Waals surface area (Å²) in [5.74, 6) is -0.0661. The molecule has 28 heavy (non-hydrogen) atoms. The second-order valence-corrected chi connectivity index (χ2v) is 9.38. The predicted molar refractivity (Wildman–Crippen MR) is 110 cm³/mol. The van der Waals surface area contributed by atoms with Gasteiger partial charge < -0.3 is 19.3 Å². The molecule has 2 saturated heterocycles. The van der Waals surface area contributed by atoms with Gasteiger partial charge in [0.2, 0.25) is 5.91 Å². The number of likely N-dealkylation sites (tertiary alicyclic amines) is 1. The van der Waals surface area contributed by atoms with E-state index in [0.717, 1.165) is 22.9 Å². The van der Waals surface area contributed by atoms with Crippen LogP contribution in [-0.2, 0) is 14.3 Å². The maximum atomic E-state index is 13.1. The quantitative estimate of drug-likeness (QED) is 0.680. The van der Waals surface area contributed by atoms with Crippen molar-refractivity contribution in [3.63, 3.8) is 0 Å². The van der Waals surface area contributed by atoms with Gasteiger partial charge in [0.25, 0.3) is 0 Å². The van der Waals surface area contributed by atoms with E-state index in [9.17, 15) is 9.59 Å². The lowest BCUT2D eigenvalue weighted by Gasteiger charge is -2.38. The lowest BCUT2D eigenvalue weighted by molar-refractivity contribution is -0.145. The van der Waals surface area contributed by atoms with E-state index in [2.05, 4.69) is 15.9 Å². The molecule has 3 rings (SSSR count). The Morgan fingerprint density at radius 1 is 1.11 bits per heavy atom. The first-order valence-corrected chi connectivity index (χ1v) is 10.7. The summed E-state index contributed by atoms with van der Waals surface area (Å²) in [5, 5.41) is 0. The molecule has 2 amide bonds. The molecule has 154 valence electrons. The van der Waals surface area contributed by atoms with Crippen LogP contribution in [0.15, 0.2) is 28.7 Å². The van der Waals surface area contributed by atoms with Gasteiger partial charge in [-0.1, -0.05) is 28.1 Å². The minimum absolute atomic E-state index is 0.110. The first-order chi connectivity index (χ1) is 13.2. The van der Waals surface area contributed by atoms with Crippen molar-refractivity contribution in [2.75, 3.05) is 32.8 Å². The van der Waals surface area contributed by atoms with Crippen LogP contribution in [0.25, 0.3) is 0 Å². The van der Waals surface area contributed by atoms with Crippen molar-refractivity contribution in [3.05, 3.63) is 34.3 Å². The first-order valence-electron chi connectivity index (χ1n) is 9.87. The molecule has 0 saturated carbocycles. The monoisotopic (exact) mass is 452 g/mol. The molecule has 2 fully saturated rings. The van der Waals surface area contributed by atoms with Crippen molar-refractivity contribution in [2.24, 2.45) is 5.92 Å². The average Bonchev–Trinajstić information content (AvgIpc) is 2.67. The predicted octanol–water partition coefficient (Wildman–Crippen LogP) is 4.00. The van der Waals surface area contributed by atoms with Crippen molar-refractivity contribution in [1.82, 2.24) is 9.80 Å². The van der Waals surface area contributed by atoms with Crippen LogP contribution in [0.1, 0.15) is 45.3 Å².